The maximum atomic E-state index is 13.5. The lowest BCUT2D eigenvalue weighted by Crippen LogP contribution is -2.29. The standard InChI is InChI=1S/C28H28N2O3/c1-5-16-30-27(19-10-6-7-11-20(19)28(30)31)25-21-12-8-9-13-23(21)29(2)26(25)22-17-18(32-3)14-15-24(22)33-4/h6-15,17,27H,5,16H2,1-4H3. The second kappa shape index (κ2) is 8.32. The van der Waals surface area contributed by atoms with Crippen LogP contribution < -0.4 is 9.47 Å². The summed E-state index contributed by atoms with van der Waals surface area (Å²) in [7, 11) is 5.43. The molecule has 0 saturated heterocycles. The molecule has 4 aromatic rings. The zero-order valence-corrected chi connectivity index (χ0v) is 19.5. The molecule has 1 amide bonds. The van der Waals surface area contributed by atoms with Crippen LogP contribution in [0.4, 0.5) is 0 Å². The first-order chi connectivity index (χ1) is 16.1. The molecule has 0 spiro atoms. The highest BCUT2D eigenvalue weighted by Crippen LogP contribution is 2.48. The van der Waals surface area contributed by atoms with Crippen molar-refractivity contribution in [3.63, 3.8) is 0 Å². The fraction of sp³-hybridized carbons (Fsp3) is 0.250. The van der Waals surface area contributed by atoms with Crippen molar-refractivity contribution in [2.75, 3.05) is 20.8 Å². The van der Waals surface area contributed by atoms with E-state index in [-0.39, 0.29) is 11.9 Å². The summed E-state index contributed by atoms with van der Waals surface area (Å²) in [6, 6.07) is 22.1. The molecule has 1 aliphatic heterocycles. The molecule has 5 rings (SSSR count). The van der Waals surface area contributed by atoms with Crippen molar-refractivity contribution in [2.24, 2.45) is 7.05 Å². The number of carbonyl (C=O) groups excluding carboxylic acids is 1. The van der Waals surface area contributed by atoms with E-state index in [4.69, 9.17) is 9.47 Å². The molecule has 0 bridgehead atoms. The summed E-state index contributed by atoms with van der Waals surface area (Å²) in [5.74, 6) is 1.62. The number of fused-ring (bicyclic) bond motifs is 2. The second-order valence-corrected chi connectivity index (χ2v) is 8.39. The number of hydrogen-bond acceptors (Lipinski definition) is 3. The molecular formula is C28H28N2O3. The van der Waals surface area contributed by atoms with Crippen LogP contribution in [-0.4, -0.2) is 36.1 Å². The maximum absolute atomic E-state index is 13.5. The molecule has 0 aliphatic carbocycles. The number of benzene rings is 3. The molecule has 0 saturated carbocycles. The minimum Gasteiger partial charge on any atom is -0.497 e. The number of hydrogen-bond donors (Lipinski definition) is 0. The fourth-order valence-corrected chi connectivity index (χ4v) is 5.18. The summed E-state index contributed by atoms with van der Waals surface area (Å²) in [4.78, 5) is 15.5. The van der Waals surface area contributed by atoms with Gasteiger partial charge in [0.15, 0.2) is 0 Å². The van der Waals surface area contributed by atoms with E-state index in [0.29, 0.717) is 6.54 Å². The maximum Gasteiger partial charge on any atom is 0.255 e. The number of rotatable bonds is 6. The lowest BCUT2D eigenvalue weighted by molar-refractivity contribution is 0.0751. The first kappa shape index (κ1) is 21.1. The Kier molecular flexibility index (Phi) is 5.33. The first-order valence-electron chi connectivity index (χ1n) is 11.3. The summed E-state index contributed by atoms with van der Waals surface area (Å²) >= 11 is 0. The Morgan fingerprint density at radius 2 is 1.67 bits per heavy atom. The highest BCUT2D eigenvalue weighted by molar-refractivity contribution is 6.02. The van der Waals surface area contributed by atoms with E-state index >= 15 is 0 Å². The van der Waals surface area contributed by atoms with Gasteiger partial charge in [0, 0.05) is 41.2 Å². The van der Waals surface area contributed by atoms with E-state index in [1.807, 2.05) is 41.3 Å². The molecule has 3 aromatic carbocycles. The summed E-state index contributed by atoms with van der Waals surface area (Å²) in [6.45, 7) is 2.80. The Labute approximate surface area is 194 Å². The monoisotopic (exact) mass is 440 g/mol. The third kappa shape index (κ3) is 3.18. The molecule has 5 nitrogen and oxygen atoms in total. The lowest BCUT2D eigenvalue weighted by atomic mass is 9.92. The highest BCUT2D eigenvalue weighted by Gasteiger charge is 2.40. The third-order valence-corrected chi connectivity index (χ3v) is 6.60. The highest BCUT2D eigenvalue weighted by atomic mass is 16.5. The topological polar surface area (TPSA) is 43.7 Å². The van der Waals surface area contributed by atoms with Crippen LogP contribution in [0.15, 0.2) is 66.7 Å². The number of methoxy groups -OCH3 is 2. The smallest absolute Gasteiger partial charge is 0.255 e. The second-order valence-electron chi connectivity index (χ2n) is 8.39. The van der Waals surface area contributed by atoms with Crippen LogP contribution in [0.1, 0.15) is 40.9 Å². The van der Waals surface area contributed by atoms with Crippen molar-refractivity contribution in [3.8, 4) is 22.8 Å². The van der Waals surface area contributed by atoms with Gasteiger partial charge in [0.05, 0.1) is 26.0 Å². The summed E-state index contributed by atoms with van der Waals surface area (Å²) in [5, 5.41) is 1.13. The third-order valence-electron chi connectivity index (χ3n) is 6.60. The molecule has 2 heterocycles. The Hall–Kier alpha value is -3.73. The van der Waals surface area contributed by atoms with E-state index in [1.54, 1.807) is 14.2 Å². The number of para-hydroxylation sites is 1. The number of aromatic nitrogens is 1. The minimum absolute atomic E-state index is 0.0916. The van der Waals surface area contributed by atoms with E-state index in [9.17, 15) is 4.79 Å². The SMILES string of the molecule is CCCN1C(=O)c2ccccc2C1c1c(-c2cc(OC)ccc2OC)n(C)c2ccccc12. The Morgan fingerprint density at radius 1 is 0.909 bits per heavy atom. The van der Waals surface area contributed by atoms with Crippen molar-refractivity contribution in [1.82, 2.24) is 9.47 Å². The Balaban J connectivity index is 1.88. The molecule has 5 heteroatoms. The quantitative estimate of drug-likeness (QED) is 0.380. The van der Waals surface area contributed by atoms with Crippen molar-refractivity contribution in [1.29, 1.82) is 0 Å². The Bertz CT molecular complexity index is 1350. The van der Waals surface area contributed by atoms with E-state index in [0.717, 1.165) is 56.8 Å². The van der Waals surface area contributed by atoms with Crippen molar-refractivity contribution in [3.05, 3.63) is 83.4 Å². The van der Waals surface area contributed by atoms with Crippen molar-refractivity contribution in [2.45, 2.75) is 19.4 Å². The molecule has 0 radical (unpaired) electrons. The van der Waals surface area contributed by atoms with E-state index in [2.05, 4.69) is 48.9 Å². The molecule has 1 aromatic heterocycles. The van der Waals surface area contributed by atoms with Gasteiger partial charge in [-0.2, -0.15) is 0 Å². The van der Waals surface area contributed by atoms with Crippen molar-refractivity contribution >= 4 is 16.8 Å². The molecule has 0 fully saturated rings. The molecule has 1 atom stereocenters. The van der Waals surface area contributed by atoms with Crippen LogP contribution in [0.5, 0.6) is 11.5 Å². The lowest BCUT2D eigenvalue weighted by Gasteiger charge is -2.27. The zero-order valence-electron chi connectivity index (χ0n) is 19.5. The number of amides is 1. The van der Waals surface area contributed by atoms with Gasteiger partial charge in [0.25, 0.3) is 5.91 Å². The predicted molar refractivity (Wildman–Crippen MR) is 131 cm³/mol. The fourth-order valence-electron chi connectivity index (χ4n) is 5.18. The zero-order chi connectivity index (χ0) is 23.1. The minimum atomic E-state index is -0.175. The molecule has 168 valence electrons. The van der Waals surface area contributed by atoms with Crippen LogP contribution in [0.3, 0.4) is 0 Å². The predicted octanol–water partition coefficient (Wildman–Crippen LogP) is 5.82. The van der Waals surface area contributed by atoms with Gasteiger partial charge in [0.1, 0.15) is 11.5 Å². The van der Waals surface area contributed by atoms with Gasteiger partial charge in [-0.3, -0.25) is 4.79 Å². The van der Waals surface area contributed by atoms with Crippen molar-refractivity contribution < 1.29 is 14.3 Å². The van der Waals surface area contributed by atoms with Crippen LogP contribution in [0.2, 0.25) is 0 Å². The molecule has 1 unspecified atom stereocenters. The van der Waals surface area contributed by atoms with Gasteiger partial charge in [-0.05, 0) is 42.3 Å². The number of carbonyl (C=O) groups is 1. The van der Waals surface area contributed by atoms with E-state index < -0.39 is 0 Å². The Morgan fingerprint density at radius 3 is 2.42 bits per heavy atom. The molecule has 0 N–H and O–H groups in total. The van der Waals surface area contributed by atoms with Gasteiger partial charge in [-0.1, -0.05) is 43.3 Å². The average Bonchev–Trinajstić information content (AvgIpc) is 3.30. The number of aryl methyl sites for hydroxylation is 1. The average molecular weight is 441 g/mol. The van der Waals surface area contributed by atoms with Gasteiger partial charge in [-0.15, -0.1) is 0 Å². The number of ether oxygens (including phenoxy) is 2. The number of nitrogens with zero attached hydrogens (tertiary/aromatic N) is 2. The van der Waals surface area contributed by atoms with Gasteiger partial charge >= 0.3 is 0 Å². The largest absolute Gasteiger partial charge is 0.497 e. The van der Waals surface area contributed by atoms with Crippen LogP contribution >= 0.6 is 0 Å². The van der Waals surface area contributed by atoms with Gasteiger partial charge < -0.3 is 18.9 Å². The van der Waals surface area contributed by atoms with Gasteiger partial charge in [0.2, 0.25) is 0 Å². The molecular weight excluding hydrogens is 412 g/mol. The van der Waals surface area contributed by atoms with Crippen LogP contribution in [0, 0.1) is 0 Å². The van der Waals surface area contributed by atoms with Crippen LogP contribution in [-0.2, 0) is 7.05 Å². The molecule has 1 aliphatic rings. The normalized spacial score (nSPS) is 15.2. The van der Waals surface area contributed by atoms with Gasteiger partial charge in [-0.25, -0.2) is 0 Å². The summed E-state index contributed by atoms with van der Waals surface area (Å²) < 4.78 is 13.5. The van der Waals surface area contributed by atoms with Crippen LogP contribution in [0.25, 0.3) is 22.2 Å². The summed E-state index contributed by atoms with van der Waals surface area (Å²) in [5.41, 5.74) is 6.04. The first-order valence-corrected chi connectivity index (χ1v) is 11.3. The molecule has 33 heavy (non-hydrogen) atoms. The van der Waals surface area contributed by atoms with E-state index in [1.165, 1.54) is 0 Å². The summed E-state index contributed by atoms with van der Waals surface area (Å²) in [6.07, 6.45) is 0.888.